The third-order valence-corrected chi connectivity index (χ3v) is 6.78. The highest BCUT2D eigenvalue weighted by atomic mass is 79.9. The first-order chi connectivity index (χ1) is 14.0. The van der Waals surface area contributed by atoms with E-state index >= 15 is 0 Å². The van der Waals surface area contributed by atoms with Crippen molar-refractivity contribution in [1.82, 2.24) is 9.47 Å². The Bertz CT molecular complexity index is 992. The van der Waals surface area contributed by atoms with Crippen LogP contribution in [0.3, 0.4) is 0 Å². The number of hydrogen-bond acceptors (Lipinski definition) is 3. The van der Waals surface area contributed by atoms with Gasteiger partial charge in [-0.1, -0.05) is 46.3 Å². The molecule has 2 heterocycles. The van der Waals surface area contributed by atoms with E-state index in [1.165, 1.54) is 15.8 Å². The standard InChI is InChI=1S/C23H25BrN2O2S/c1-16-11-26(12-17(2)28-16)23(27)14-25-13-22(20-5-3-4-6-21(20)25)29-15-18-7-9-19(24)10-8-18/h3-10,13,16-17H,11-12,14-15H2,1-2H3/t16-,17+. The van der Waals surface area contributed by atoms with Crippen LogP contribution in [0.4, 0.5) is 0 Å². The largest absolute Gasteiger partial charge is 0.372 e. The van der Waals surface area contributed by atoms with Crippen molar-refractivity contribution in [3.63, 3.8) is 0 Å². The van der Waals surface area contributed by atoms with E-state index in [2.05, 4.69) is 69.2 Å². The van der Waals surface area contributed by atoms with Gasteiger partial charge in [0, 0.05) is 45.3 Å². The fraction of sp³-hybridized carbons (Fsp3) is 0.348. The van der Waals surface area contributed by atoms with Gasteiger partial charge in [-0.15, -0.1) is 11.8 Å². The summed E-state index contributed by atoms with van der Waals surface area (Å²) >= 11 is 5.30. The summed E-state index contributed by atoms with van der Waals surface area (Å²) in [5, 5.41) is 1.20. The molecule has 4 rings (SSSR count). The zero-order valence-electron chi connectivity index (χ0n) is 16.7. The first-order valence-corrected chi connectivity index (χ1v) is 11.7. The number of morpholine rings is 1. The maximum Gasteiger partial charge on any atom is 0.242 e. The summed E-state index contributed by atoms with van der Waals surface area (Å²) in [4.78, 5) is 16.1. The average molecular weight is 473 g/mol. The van der Waals surface area contributed by atoms with Gasteiger partial charge < -0.3 is 14.2 Å². The van der Waals surface area contributed by atoms with Crippen molar-refractivity contribution >= 4 is 44.5 Å². The van der Waals surface area contributed by atoms with Crippen molar-refractivity contribution in [1.29, 1.82) is 0 Å². The molecule has 4 nitrogen and oxygen atoms in total. The van der Waals surface area contributed by atoms with Gasteiger partial charge in [0.1, 0.15) is 6.54 Å². The molecule has 0 N–H and O–H groups in total. The van der Waals surface area contributed by atoms with Crippen molar-refractivity contribution < 1.29 is 9.53 Å². The minimum atomic E-state index is 0.0844. The maximum absolute atomic E-state index is 13.0. The smallest absolute Gasteiger partial charge is 0.242 e. The Morgan fingerprint density at radius 3 is 2.52 bits per heavy atom. The van der Waals surface area contributed by atoms with Crippen molar-refractivity contribution in [3.05, 3.63) is 64.8 Å². The van der Waals surface area contributed by atoms with Gasteiger partial charge in [-0.05, 0) is 37.6 Å². The normalized spacial score (nSPS) is 19.6. The first kappa shape index (κ1) is 20.5. The van der Waals surface area contributed by atoms with Crippen LogP contribution in [0.1, 0.15) is 19.4 Å². The van der Waals surface area contributed by atoms with Crippen LogP contribution in [-0.4, -0.2) is 40.7 Å². The van der Waals surface area contributed by atoms with E-state index in [1.54, 1.807) is 0 Å². The van der Waals surface area contributed by atoms with Crippen LogP contribution < -0.4 is 0 Å². The quantitative estimate of drug-likeness (QED) is 0.470. The van der Waals surface area contributed by atoms with E-state index < -0.39 is 0 Å². The lowest BCUT2D eigenvalue weighted by atomic mass is 10.2. The Hall–Kier alpha value is -1.76. The van der Waals surface area contributed by atoms with E-state index in [0.29, 0.717) is 19.6 Å². The molecule has 2 atom stereocenters. The summed E-state index contributed by atoms with van der Waals surface area (Å²) in [6, 6.07) is 16.7. The Balaban J connectivity index is 1.52. The number of para-hydroxylation sites is 1. The molecule has 0 unspecified atom stereocenters. The predicted octanol–water partition coefficient (Wildman–Crippen LogP) is 5.33. The number of thioether (sulfide) groups is 1. The molecule has 0 bridgehead atoms. The molecule has 1 fully saturated rings. The molecule has 29 heavy (non-hydrogen) atoms. The van der Waals surface area contributed by atoms with Gasteiger partial charge in [0.25, 0.3) is 0 Å². The van der Waals surface area contributed by atoms with E-state index in [9.17, 15) is 4.79 Å². The molecule has 0 saturated carbocycles. The second-order valence-corrected chi connectivity index (χ2v) is 9.54. The molecule has 2 aromatic carbocycles. The number of carbonyl (C=O) groups is 1. The van der Waals surface area contributed by atoms with Crippen LogP contribution in [0.15, 0.2) is 64.1 Å². The molecule has 3 aromatic rings. The number of rotatable bonds is 5. The number of halogens is 1. The van der Waals surface area contributed by atoms with Crippen LogP contribution >= 0.6 is 27.7 Å². The summed E-state index contributed by atoms with van der Waals surface area (Å²) in [7, 11) is 0. The average Bonchev–Trinajstić information content (AvgIpc) is 3.04. The zero-order valence-corrected chi connectivity index (χ0v) is 19.1. The fourth-order valence-corrected chi connectivity index (χ4v) is 5.14. The predicted molar refractivity (Wildman–Crippen MR) is 122 cm³/mol. The Morgan fingerprint density at radius 2 is 1.79 bits per heavy atom. The van der Waals surface area contributed by atoms with E-state index in [-0.39, 0.29) is 18.1 Å². The van der Waals surface area contributed by atoms with Gasteiger partial charge >= 0.3 is 0 Å². The minimum absolute atomic E-state index is 0.0844. The molecule has 1 saturated heterocycles. The molecule has 0 radical (unpaired) electrons. The second-order valence-electron chi connectivity index (χ2n) is 7.61. The molecular formula is C23H25BrN2O2S. The Labute approximate surface area is 184 Å². The molecule has 0 spiro atoms. The fourth-order valence-electron chi connectivity index (χ4n) is 3.83. The van der Waals surface area contributed by atoms with Crippen LogP contribution in [0.2, 0.25) is 0 Å². The summed E-state index contributed by atoms with van der Waals surface area (Å²) < 4.78 is 8.95. The molecule has 1 amide bonds. The van der Waals surface area contributed by atoms with Crippen molar-refractivity contribution in [2.45, 2.75) is 43.2 Å². The van der Waals surface area contributed by atoms with Gasteiger partial charge in [-0.3, -0.25) is 4.79 Å². The number of ether oxygens (including phenoxy) is 1. The highest BCUT2D eigenvalue weighted by Gasteiger charge is 2.26. The van der Waals surface area contributed by atoms with Gasteiger partial charge in [0.2, 0.25) is 5.91 Å². The van der Waals surface area contributed by atoms with Crippen LogP contribution in [0.5, 0.6) is 0 Å². The lowest BCUT2D eigenvalue weighted by Gasteiger charge is -2.35. The van der Waals surface area contributed by atoms with E-state index in [4.69, 9.17) is 4.74 Å². The van der Waals surface area contributed by atoms with Crippen LogP contribution in [-0.2, 0) is 21.8 Å². The second kappa shape index (κ2) is 8.94. The summed E-state index contributed by atoms with van der Waals surface area (Å²) in [5.74, 6) is 1.05. The molecule has 0 aliphatic carbocycles. The van der Waals surface area contributed by atoms with Gasteiger partial charge in [0.05, 0.1) is 12.2 Å². The molecule has 1 aromatic heterocycles. The van der Waals surface area contributed by atoms with Gasteiger partial charge in [-0.25, -0.2) is 0 Å². The van der Waals surface area contributed by atoms with E-state index in [1.807, 2.05) is 36.6 Å². The molecule has 6 heteroatoms. The topological polar surface area (TPSA) is 34.5 Å². The number of benzene rings is 2. The maximum atomic E-state index is 13.0. The molecule has 1 aliphatic heterocycles. The minimum Gasteiger partial charge on any atom is -0.372 e. The number of aromatic nitrogens is 1. The lowest BCUT2D eigenvalue weighted by Crippen LogP contribution is -2.49. The number of nitrogens with zero attached hydrogens (tertiary/aromatic N) is 2. The third kappa shape index (κ3) is 4.87. The third-order valence-electron chi connectivity index (χ3n) is 5.14. The number of amides is 1. The zero-order chi connectivity index (χ0) is 20.4. The highest BCUT2D eigenvalue weighted by molar-refractivity contribution is 9.10. The summed E-state index contributed by atoms with van der Waals surface area (Å²) in [6.07, 6.45) is 2.29. The number of carbonyl (C=O) groups excluding carboxylic acids is 1. The molecule has 152 valence electrons. The lowest BCUT2D eigenvalue weighted by molar-refractivity contribution is -0.143. The van der Waals surface area contributed by atoms with Crippen molar-refractivity contribution in [3.8, 4) is 0 Å². The van der Waals surface area contributed by atoms with Crippen LogP contribution in [0, 0.1) is 0 Å². The number of hydrogen-bond donors (Lipinski definition) is 0. The van der Waals surface area contributed by atoms with Crippen LogP contribution in [0.25, 0.3) is 10.9 Å². The summed E-state index contributed by atoms with van der Waals surface area (Å²) in [6.45, 7) is 5.73. The highest BCUT2D eigenvalue weighted by Crippen LogP contribution is 2.32. The summed E-state index contributed by atoms with van der Waals surface area (Å²) in [5.41, 5.74) is 2.39. The number of fused-ring (bicyclic) bond motifs is 1. The molecular weight excluding hydrogens is 448 g/mol. The Morgan fingerprint density at radius 1 is 1.10 bits per heavy atom. The van der Waals surface area contributed by atoms with E-state index in [0.717, 1.165) is 15.7 Å². The Kier molecular flexibility index (Phi) is 6.32. The van der Waals surface area contributed by atoms with Crippen molar-refractivity contribution in [2.24, 2.45) is 0 Å². The van der Waals surface area contributed by atoms with Gasteiger partial charge in [-0.2, -0.15) is 0 Å². The SMILES string of the molecule is C[C@@H]1CN(C(=O)Cn2cc(SCc3ccc(Br)cc3)c3ccccc32)C[C@H](C)O1. The monoisotopic (exact) mass is 472 g/mol. The first-order valence-electron chi connectivity index (χ1n) is 9.88. The van der Waals surface area contributed by atoms with Gasteiger partial charge in [0.15, 0.2) is 0 Å². The van der Waals surface area contributed by atoms with Crippen molar-refractivity contribution in [2.75, 3.05) is 13.1 Å². The molecule has 1 aliphatic rings.